The molecule has 6 N–H and O–H groups in total. The number of phenols is 3. The van der Waals surface area contributed by atoms with Gasteiger partial charge in [0.25, 0.3) is 0 Å². The van der Waals surface area contributed by atoms with Crippen molar-refractivity contribution in [2.24, 2.45) is 0 Å². The fourth-order valence-electron chi connectivity index (χ4n) is 1.30. The molecule has 0 aliphatic heterocycles. The average Bonchev–Trinajstić information content (AvgIpc) is 2.35. The first kappa shape index (κ1) is 14.4. The molecule has 0 heterocycles. The van der Waals surface area contributed by atoms with E-state index in [1.807, 2.05) is 0 Å². The van der Waals surface area contributed by atoms with Crippen molar-refractivity contribution in [3.8, 4) is 17.2 Å². The summed E-state index contributed by atoms with van der Waals surface area (Å²) in [6, 6.07) is 1.67. The summed E-state index contributed by atoms with van der Waals surface area (Å²) in [5, 5.41) is 34.9. The minimum Gasteiger partial charge on any atom is -0.504 e. The van der Waals surface area contributed by atoms with E-state index in [9.17, 15) is 19.8 Å². The van der Waals surface area contributed by atoms with Crippen molar-refractivity contribution in [3.05, 3.63) is 12.1 Å². The first-order valence-corrected chi connectivity index (χ1v) is 5.51. The average molecular weight is 269 g/mol. The molecule has 0 aliphatic carbocycles. The van der Waals surface area contributed by atoms with Crippen molar-refractivity contribution in [1.82, 2.24) is 10.6 Å². The topological polar surface area (TPSA) is 131 Å². The highest BCUT2D eigenvalue weighted by atomic mass is 16.3. The lowest BCUT2D eigenvalue weighted by molar-refractivity contribution is -0.109. The van der Waals surface area contributed by atoms with Crippen LogP contribution in [-0.4, -0.2) is 40.9 Å². The number of anilines is 1. The molecule has 0 aliphatic rings. The molecule has 0 atom stereocenters. The van der Waals surface area contributed by atoms with Crippen molar-refractivity contribution >= 4 is 18.1 Å². The van der Waals surface area contributed by atoms with Gasteiger partial charge in [-0.25, -0.2) is 4.79 Å². The molecule has 3 amide bonds. The first-order valence-electron chi connectivity index (χ1n) is 5.51. The van der Waals surface area contributed by atoms with Crippen molar-refractivity contribution in [2.75, 3.05) is 18.4 Å². The van der Waals surface area contributed by atoms with E-state index in [1.54, 1.807) is 0 Å². The lowest BCUT2D eigenvalue weighted by atomic mass is 10.2. The molecule has 0 aromatic heterocycles. The fraction of sp³-hybridized carbons (Fsp3) is 0.273. The van der Waals surface area contributed by atoms with Crippen LogP contribution in [-0.2, 0) is 4.79 Å². The summed E-state index contributed by atoms with van der Waals surface area (Å²) in [6.45, 7) is 0.799. The molecule has 104 valence electrons. The number of carbonyl (C=O) groups excluding carboxylic acids is 2. The minimum absolute atomic E-state index is 0.135. The minimum atomic E-state index is -0.647. The molecule has 1 rings (SSSR count). The van der Waals surface area contributed by atoms with Crippen LogP contribution in [0.2, 0.25) is 0 Å². The number of benzene rings is 1. The second-order valence-electron chi connectivity index (χ2n) is 3.67. The van der Waals surface area contributed by atoms with Gasteiger partial charge in [-0.1, -0.05) is 0 Å². The van der Waals surface area contributed by atoms with Crippen LogP contribution in [0.3, 0.4) is 0 Å². The van der Waals surface area contributed by atoms with E-state index >= 15 is 0 Å². The molecule has 19 heavy (non-hydrogen) atoms. The van der Waals surface area contributed by atoms with Crippen molar-refractivity contribution in [2.45, 2.75) is 6.42 Å². The van der Waals surface area contributed by atoms with Gasteiger partial charge in [0.1, 0.15) is 0 Å². The van der Waals surface area contributed by atoms with Crippen LogP contribution >= 0.6 is 0 Å². The van der Waals surface area contributed by atoms with Gasteiger partial charge in [-0.15, -0.1) is 0 Å². The van der Waals surface area contributed by atoms with E-state index in [2.05, 4.69) is 16.0 Å². The maximum Gasteiger partial charge on any atom is 0.319 e. The summed E-state index contributed by atoms with van der Waals surface area (Å²) in [4.78, 5) is 21.4. The maximum atomic E-state index is 11.4. The van der Waals surface area contributed by atoms with Crippen LogP contribution in [0.1, 0.15) is 6.42 Å². The monoisotopic (exact) mass is 269 g/mol. The Bertz CT molecular complexity index is 441. The summed E-state index contributed by atoms with van der Waals surface area (Å²) >= 11 is 0. The highest BCUT2D eigenvalue weighted by molar-refractivity contribution is 5.90. The molecule has 0 saturated carbocycles. The fourth-order valence-corrected chi connectivity index (χ4v) is 1.30. The summed E-state index contributed by atoms with van der Waals surface area (Å²) in [5.74, 6) is -1.72. The van der Waals surface area contributed by atoms with Crippen LogP contribution in [0.4, 0.5) is 10.5 Å². The molecule has 8 nitrogen and oxygen atoms in total. The molecule has 0 radical (unpaired) electrons. The zero-order valence-corrected chi connectivity index (χ0v) is 10.0. The SMILES string of the molecule is O=CNCCCNC(=O)Nc1cc(O)c(O)c(O)c1. The van der Waals surface area contributed by atoms with Crippen LogP contribution < -0.4 is 16.0 Å². The summed E-state index contributed by atoms with van der Waals surface area (Å²) in [7, 11) is 0. The largest absolute Gasteiger partial charge is 0.504 e. The second-order valence-corrected chi connectivity index (χ2v) is 3.67. The van der Waals surface area contributed by atoms with E-state index in [1.165, 1.54) is 0 Å². The highest BCUT2D eigenvalue weighted by Gasteiger charge is 2.09. The standard InChI is InChI=1S/C11H15N3O5/c15-6-12-2-1-3-13-11(19)14-7-4-8(16)10(18)9(17)5-7/h4-6,16-18H,1-3H2,(H,12,15)(H2,13,14,19). The Hall–Kier alpha value is -2.64. The molecule has 8 heteroatoms. The number of amides is 3. The number of aromatic hydroxyl groups is 3. The third kappa shape index (κ3) is 4.62. The number of rotatable bonds is 6. The van der Waals surface area contributed by atoms with Crippen LogP contribution in [0.25, 0.3) is 0 Å². The third-order valence-electron chi connectivity index (χ3n) is 2.19. The Morgan fingerprint density at radius 3 is 2.37 bits per heavy atom. The van der Waals surface area contributed by atoms with E-state index in [0.29, 0.717) is 25.9 Å². The number of nitrogens with one attached hydrogen (secondary N) is 3. The third-order valence-corrected chi connectivity index (χ3v) is 2.19. The Kier molecular flexibility index (Phi) is 5.27. The highest BCUT2D eigenvalue weighted by Crippen LogP contribution is 2.37. The molecular weight excluding hydrogens is 254 g/mol. The summed E-state index contributed by atoms with van der Waals surface area (Å²) in [5.41, 5.74) is 0.135. The van der Waals surface area contributed by atoms with E-state index in [4.69, 9.17) is 5.11 Å². The normalized spacial score (nSPS) is 9.68. The van der Waals surface area contributed by atoms with Crippen LogP contribution in [0.15, 0.2) is 12.1 Å². The van der Waals surface area contributed by atoms with Crippen molar-refractivity contribution in [3.63, 3.8) is 0 Å². The first-order chi connectivity index (χ1) is 9.04. The summed E-state index contributed by atoms with van der Waals surface area (Å²) < 4.78 is 0. The van der Waals surface area contributed by atoms with Gasteiger partial charge in [0.05, 0.1) is 5.69 Å². The number of phenolic OH excluding ortho intramolecular Hbond substituents is 3. The number of hydrogen-bond acceptors (Lipinski definition) is 5. The quantitative estimate of drug-likeness (QED) is 0.188. The summed E-state index contributed by atoms with van der Waals surface area (Å²) in [6.07, 6.45) is 1.14. The van der Waals surface area contributed by atoms with Crippen molar-refractivity contribution in [1.29, 1.82) is 0 Å². The zero-order valence-electron chi connectivity index (χ0n) is 10.0. The van der Waals surface area contributed by atoms with E-state index in [0.717, 1.165) is 12.1 Å². The van der Waals surface area contributed by atoms with Gasteiger partial charge in [0, 0.05) is 25.2 Å². The predicted molar refractivity (Wildman–Crippen MR) is 67.1 cm³/mol. The van der Waals surface area contributed by atoms with Gasteiger partial charge in [-0.2, -0.15) is 0 Å². The molecule has 0 bridgehead atoms. The van der Waals surface area contributed by atoms with Gasteiger partial charge in [0.15, 0.2) is 17.2 Å². The number of carbonyl (C=O) groups is 2. The number of hydrogen-bond donors (Lipinski definition) is 6. The van der Waals surface area contributed by atoms with Gasteiger partial charge in [-0.3, -0.25) is 4.79 Å². The second kappa shape index (κ2) is 6.94. The van der Waals surface area contributed by atoms with Gasteiger partial charge in [0.2, 0.25) is 6.41 Å². The van der Waals surface area contributed by atoms with Crippen LogP contribution in [0.5, 0.6) is 17.2 Å². The molecular formula is C11H15N3O5. The van der Waals surface area contributed by atoms with Gasteiger partial charge >= 0.3 is 6.03 Å². The van der Waals surface area contributed by atoms with Crippen molar-refractivity contribution < 1.29 is 24.9 Å². The molecule has 0 fully saturated rings. The Morgan fingerprint density at radius 1 is 1.16 bits per heavy atom. The van der Waals surface area contributed by atoms with Gasteiger partial charge in [-0.05, 0) is 6.42 Å². The predicted octanol–water partition coefficient (Wildman–Crippen LogP) is 0.0610. The molecule has 1 aromatic carbocycles. The zero-order chi connectivity index (χ0) is 14.3. The van der Waals surface area contributed by atoms with E-state index in [-0.39, 0.29) is 5.69 Å². The lowest BCUT2D eigenvalue weighted by Crippen LogP contribution is -2.31. The smallest absolute Gasteiger partial charge is 0.319 e. The molecule has 0 saturated heterocycles. The number of urea groups is 1. The maximum absolute atomic E-state index is 11.4. The Labute approximate surface area is 109 Å². The Morgan fingerprint density at radius 2 is 1.79 bits per heavy atom. The Balaban J connectivity index is 2.42. The lowest BCUT2D eigenvalue weighted by Gasteiger charge is -2.09. The molecule has 1 aromatic rings. The van der Waals surface area contributed by atoms with Gasteiger partial charge < -0.3 is 31.3 Å². The molecule has 0 spiro atoms. The van der Waals surface area contributed by atoms with Crippen LogP contribution in [0, 0.1) is 0 Å². The molecule has 0 unspecified atom stereocenters. The van der Waals surface area contributed by atoms with E-state index < -0.39 is 23.3 Å².